The van der Waals surface area contributed by atoms with Gasteiger partial charge in [0.15, 0.2) is 5.37 Å². The number of hydrogen-bond acceptors (Lipinski definition) is 5. The minimum atomic E-state index is -3.46. The van der Waals surface area contributed by atoms with Crippen LogP contribution in [-0.4, -0.2) is 38.1 Å². The molecular weight excluding hydrogens is 346 g/mol. The van der Waals surface area contributed by atoms with Crippen molar-refractivity contribution in [1.82, 2.24) is 4.31 Å². The Balaban J connectivity index is 1.77. The van der Waals surface area contributed by atoms with E-state index in [1.807, 2.05) is 24.3 Å². The number of rotatable bonds is 4. The van der Waals surface area contributed by atoms with Crippen molar-refractivity contribution in [3.05, 3.63) is 48.5 Å². The normalized spacial score (nSPS) is 17.3. The van der Waals surface area contributed by atoms with Crippen molar-refractivity contribution in [2.45, 2.75) is 15.2 Å². The molecule has 1 aliphatic heterocycles. The van der Waals surface area contributed by atoms with Gasteiger partial charge in [0.05, 0.1) is 10.6 Å². The Labute approximate surface area is 145 Å². The molecule has 0 spiro atoms. The third kappa shape index (κ3) is 3.26. The number of fused-ring (bicyclic) bond motifs is 1. The summed E-state index contributed by atoms with van der Waals surface area (Å²) in [7, 11) is -0.480. The molecule has 8 heteroatoms. The summed E-state index contributed by atoms with van der Waals surface area (Å²) >= 11 is 1.42. The first-order valence-corrected chi connectivity index (χ1v) is 9.55. The first kappa shape index (κ1) is 16.8. The molecule has 0 aromatic heterocycles. The summed E-state index contributed by atoms with van der Waals surface area (Å²) in [5.74, 6) is -0.135. The van der Waals surface area contributed by atoms with E-state index in [0.29, 0.717) is 5.69 Å². The Kier molecular flexibility index (Phi) is 4.53. The number of amides is 1. The minimum absolute atomic E-state index is 0.135. The quantitative estimate of drug-likeness (QED) is 0.872. The maximum atomic E-state index is 12.2. The molecule has 24 heavy (non-hydrogen) atoms. The molecule has 0 fully saturated rings. The molecule has 0 saturated carbocycles. The Morgan fingerprint density at radius 3 is 2.42 bits per heavy atom. The minimum Gasteiger partial charge on any atom is -0.365 e. The summed E-state index contributed by atoms with van der Waals surface area (Å²) in [6.45, 7) is 0. The van der Waals surface area contributed by atoms with E-state index in [1.54, 1.807) is 12.1 Å². The van der Waals surface area contributed by atoms with Gasteiger partial charge in [-0.15, -0.1) is 0 Å². The molecule has 1 atom stereocenters. The standard InChI is InChI=1S/C16H17N3O3S2/c1-19(2)24(21,22)12-9-7-11(8-10-12)17-16-15(20)18-13-5-3-4-6-14(13)23-16/h3-10,16-17H,1-2H3,(H,18,20). The van der Waals surface area contributed by atoms with Crippen molar-refractivity contribution in [2.24, 2.45) is 0 Å². The lowest BCUT2D eigenvalue weighted by Crippen LogP contribution is -2.34. The maximum absolute atomic E-state index is 12.2. The zero-order valence-electron chi connectivity index (χ0n) is 13.2. The summed E-state index contributed by atoms with van der Waals surface area (Å²) in [6, 6.07) is 14.0. The Morgan fingerprint density at radius 2 is 1.75 bits per heavy atom. The van der Waals surface area contributed by atoms with Crippen molar-refractivity contribution in [3.8, 4) is 0 Å². The fourth-order valence-electron chi connectivity index (χ4n) is 2.23. The fourth-order valence-corrected chi connectivity index (χ4v) is 4.15. The van der Waals surface area contributed by atoms with Gasteiger partial charge in [-0.3, -0.25) is 4.79 Å². The number of hydrogen-bond donors (Lipinski definition) is 2. The smallest absolute Gasteiger partial charge is 0.257 e. The summed E-state index contributed by atoms with van der Waals surface area (Å²) in [5, 5.41) is 5.50. The van der Waals surface area contributed by atoms with E-state index in [9.17, 15) is 13.2 Å². The number of para-hydroxylation sites is 1. The molecule has 0 saturated heterocycles. The summed E-state index contributed by atoms with van der Waals surface area (Å²) < 4.78 is 25.3. The van der Waals surface area contributed by atoms with Crippen LogP contribution in [0.2, 0.25) is 0 Å². The molecule has 0 radical (unpaired) electrons. The third-order valence-electron chi connectivity index (χ3n) is 3.56. The number of carbonyl (C=O) groups excluding carboxylic acids is 1. The van der Waals surface area contributed by atoms with E-state index < -0.39 is 15.4 Å². The number of nitrogens with one attached hydrogen (secondary N) is 2. The summed E-state index contributed by atoms with van der Waals surface area (Å²) in [4.78, 5) is 13.4. The third-order valence-corrected chi connectivity index (χ3v) is 6.57. The van der Waals surface area contributed by atoms with Crippen LogP contribution in [-0.2, 0) is 14.8 Å². The van der Waals surface area contributed by atoms with E-state index in [0.717, 1.165) is 14.9 Å². The van der Waals surface area contributed by atoms with Gasteiger partial charge in [-0.1, -0.05) is 23.9 Å². The van der Waals surface area contributed by atoms with Gasteiger partial charge in [0.1, 0.15) is 0 Å². The second-order valence-corrected chi connectivity index (χ2v) is 8.74. The van der Waals surface area contributed by atoms with E-state index in [4.69, 9.17) is 0 Å². The van der Waals surface area contributed by atoms with Crippen LogP contribution in [0.4, 0.5) is 11.4 Å². The molecule has 2 N–H and O–H groups in total. The Bertz CT molecular complexity index is 864. The topological polar surface area (TPSA) is 78.5 Å². The molecule has 126 valence electrons. The van der Waals surface area contributed by atoms with Crippen LogP contribution in [0.15, 0.2) is 58.3 Å². The molecule has 2 aromatic carbocycles. The molecule has 6 nitrogen and oxygen atoms in total. The van der Waals surface area contributed by atoms with E-state index in [2.05, 4.69) is 10.6 Å². The van der Waals surface area contributed by atoms with Gasteiger partial charge >= 0.3 is 0 Å². The molecule has 0 bridgehead atoms. The van der Waals surface area contributed by atoms with Crippen LogP contribution in [0, 0.1) is 0 Å². The second kappa shape index (κ2) is 6.46. The highest BCUT2D eigenvalue weighted by atomic mass is 32.2. The lowest BCUT2D eigenvalue weighted by Gasteiger charge is -2.25. The molecular formula is C16H17N3O3S2. The zero-order chi connectivity index (χ0) is 17.3. The molecule has 1 unspecified atom stereocenters. The molecule has 1 aliphatic rings. The van der Waals surface area contributed by atoms with Crippen molar-refractivity contribution in [2.75, 3.05) is 24.7 Å². The largest absolute Gasteiger partial charge is 0.365 e. The van der Waals surface area contributed by atoms with Gasteiger partial charge < -0.3 is 10.6 Å². The van der Waals surface area contributed by atoms with Gasteiger partial charge in [-0.05, 0) is 36.4 Å². The fraction of sp³-hybridized carbons (Fsp3) is 0.188. The Hall–Kier alpha value is -2.03. The summed E-state index contributed by atoms with van der Waals surface area (Å²) in [5.41, 5.74) is 1.48. The number of benzene rings is 2. The monoisotopic (exact) mass is 363 g/mol. The highest BCUT2D eigenvalue weighted by Gasteiger charge is 2.26. The van der Waals surface area contributed by atoms with Crippen LogP contribution in [0.1, 0.15) is 0 Å². The zero-order valence-corrected chi connectivity index (χ0v) is 14.8. The second-order valence-electron chi connectivity index (χ2n) is 5.44. The first-order chi connectivity index (χ1) is 11.4. The molecule has 1 amide bonds. The molecule has 1 heterocycles. The predicted molar refractivity (Wildman–Crippen MR) is 95.7 cm³/mol. The van der Waals surface area contributed by atoms with Crippen molar-refractivity contribution < 1.29 is 13.2 Å². The average Bonchev–Trinajstić information content (AvgIpc) is 2.56. The maximum Gasteiger partial charge on any atom is 0.257 e. The van der Waals surface area contributed by atoms with Gasteiger partial charge in [-0.25, -0.2) is 12.7 Å². The first-order valence-electron chi connectivity index (χ1n) is 7.23. The van der Waals surface area contributed by atoms with E-state index in [-0.39, 0.29) is 10.8 Å². The lowest BCUT2D eigenvalue weighted by atomic mass is 10.3. The average molecular weight is 363 g/mol. The molecule has 0 aliphatic carbocycles. The van der Waals surface area contributed by atoms with Gasteiger partial charge in [0.2, 0.25) is 10.0 Å². The van der Waals surface area contributed by atoms with Crippen LogP contribution < -0.4 is 10.6 Å². The van der Waals surface area contributed by atoms with Crippen LogP contribution in [0.25, 0.3) is 0 Å². The van der Waals surface area contributed by atoms with Crippen LogP contribution in [0.5, 0.6) is 0 Å². The van der Waals surface area contributed by atoms with Gasteiger partial charge in [0.25, 0.3) is 5.91 Å². The Morgan fingerprint density at radius 1 is 1.08 bits per heavy atom. The van der Waals surface area contributed by atoms with Crippen LogP contribution >= 0.6 is 11.8 Å². The number of carbonyl (C=O) groups is 1. The lowest BCUT2D eigenvalue weighted by molar-refractivity contribution is -0.115. The SMILES string of the molecule is CN(C)S(=O)(=O)c1ccc(NC2Sc3ccccc3NC2=O)cc1. The van der Waals surface area contributed by atoms with E-state index in [1.165, 1.54) is 38.0 Å². The van der Waals surface area contributed by atoms with Crippen LogP contribution in [0.3, 0.4) is 0 Å². The molecule has 3 rings (SSSR count). The van der Waals surface area contributed by atoms with Gasteiger partial charge in [0, 0.05) is 24.7 Å². The number of nitrogens with zero attached hydrogens (tertiary/aromatic N) is 1. The van der Waals surface area contributed by atoms with Crippen molar-refractivity contribution >= 4 is 39.1 Å². The molecule has 2 aromatic rings. The number of anilines is 2. The highest BCUT2D eigenvalue weighted by molar-refractivity contribution is 8.01. The highest BCUT2D eigenvalue weighted by Crippen LogP contribution is 2.35. The van der Waals surface area contributed by atoms with Crippen molar-refractivity contribution in [3.63, 3.8) is 0 Å². The number of thioether (sulfide) groups is 1. The summed E-state index contributed by atoms with van der Waals surface area (Å²) in [6.07, 6.45) is 0. The van der Waals surface area contributed by atoms with Crippen molar-refractivity contribution in [1.29, 1.82) is 0 Å². The van der Waals surface area contributed by atoms with E-state index >= 15 is 0 Å². The number of sulfonamides is 1. The predicted octanol–water partition coefficient (Wildman–Crippen LogP) is 2.42. The van der Waals surface area contributed by atoms with Gasteiger partial charge in [-0.2, -0.15) is 0 Å².